The zero-order valence-corrected chi connectivity index (χ0v) is 8.49. The van der Waals surface area contributed by atoms with Crippen molar-refractivity contribution in [2.45, 2.75) is 25.3 Å². The molecule has 0 fully saturated rings. The number of benzene rings is 1. The molecule has 1 aromatic rings. The molecule has 4 nitrogen and oxygen atoms in total. The number of amides is 2. The van der Waals surface area contributed by atoms with Crippen LogP contribution in [0.5, 0.6) is 0 Å². The molecule has 0 bridgehead atoms. The van der Waals surface area contributed by atoms with Crippen LogP contribution >= 0.6 is 0 Å². The summed E-state index contributed by atoms with van der Waals surface area (Å²) in [4.78, 5) is 10.5. The summed E-state index contributed by atoms with van der Waals surface area (Å²) in [6.45, 7) is 0. The number of primary amides is 1. The van der Waals surface area contributed by atoms with Gasteiger partial charge >= 0.3 is 6.03 Å². The average molecular weight is 205 g/mol. The molecule has 0 saturated heterocycles. The molecule has 4 heteroatoms. The zero-order chi connectivity index (χ0) is 10.7. The first-order valence-corrected chi connectivity index (χ1v) is 5.13. The Kier molecular flexibility index (Phi) is 2.87. The Morgan fingerprint density at radius 3 is 2.80 bits per heavy atom. The molecule has 0 saturated carbocycles. The molecular formula is C11H15N3O. The van der Waals surface area contributed by atoms with Crippen molar-refractivity contribution < 1.29 is 4.79 Å². The van der Waals surface area contributed by atoms with Crippen LogP contribution in [0.3, 0.4) is 0 Å². The summed E-state index contributed by atoms with van der Waals surface area (Å²) in [5.74, 6) is 0. The van der Waals surface area contributed by atoms with Crippen molar-refractivity contribution >= 4 is 6.03 Å². The van der Waals surface area contributed by atoms with E-state index in [1.807, 2.05) is 6.07 Å². The summed E-state index contributed by atoms with van der Waals surface area (Å²) in [5, 5.41) is 0. The summed E-state index contributed by atoms with van der Waals surface area (Å²) >= 11 is 0. The second-order valence-corrected chi connectivity index (χ2v) is 3.84. The Labute approximate surface area is 88.8 Å². The number of carbonyl (C=O) groups excluding carboxylic acids is 1. The normalized spacial score (nSPS) is 19.3. The van der Waals surface area contributed by atoms with Gasteiger partial charge < -0.3 is 5.73 Å². The molecule has 15 heavy (non-hydrogen) atoms. The lowest BCUT2D eigenvalue weighted by atomic mass is 9.89. The first-order chi connectivity index (χ1) is 7.25. The number of hydrazine groups is 1. The number of fused-ring (bicyclic) bond motifs is 1. The molecule has 0 heterocycles. The highest BCUT2D eigenvalue weighted by molar-refractivity contribution is 5.70. The summed E-state index contributed by atoms with van der Waals surface area (Å²) in [7, 11) is 0. The van der Waals surface area contributed by atoms with Crippen LogP contribution in [-0.4, -0.2) is 12.1 Å². The second kappa shape index (κ2) is 4.31. The molecular weight excluding hydrogens is 190 g/mol. The van der Waals surface area contributed by atoms with Gasteiger partial charge in [0, 0.05) is 6.04 Å². The van der Waals surface area contributed by atoms with Gasteiger partial charge in [0.05, 0.1) is 0 Å². The van der Waals surface area contributed by atoms with Crippen LogP contribution in [-0.2, 0) is 12.8 Å². The lowest BCUT2D eigenvalue weighted by Crippen LogP contribution is -2.48. The van der Waals surface area contributed by atoms with E-state index < -0.39 is 6.03 Å². The zero-order valence-electron chi connectivity index (χ0n) is 8.49. The summed E-state index contributed by atoms with van der Waals surface area (Å²) < 4.78 is 0. The average Bonchev–Trinajstić information content (AvgIpc) is 2.26. The van der Waals surface area contributed by atoms with Crippen LogP contribution in [0.2, 0.25) is 0 Å². The van der Waals surface area contributed by atoms with E-state index in [4.69, 9.17) is 5.73 Å². The van der Waals surface area contributed by atoms with E-state index in [-0.39, 0.29) is 6.04 Å². The number of carbonyl (C=O) groups is 1. The number of hydrogen-bond acceptors (Lipinski definition) is 2. The summed E-state index contributed by atoms with van der Waals surface area (Å²) in [5.41, 5.74) is 13.1. The molecule has 1 aliphatic rings. The number of rotatable bonds is 2. The number of nitrogens with two attached hydrogens (primary N) is 1. The Morgan fingerprint density at radius 1 is 1.33 bits per heavy atom. The lowest BCUT2D eigenvalue weighted by molar-refractivity contribution is 0.241. The molecule has 0 aliphatic heterocycles. The minimum Gasteiger partial charge on any atom is -0.351 e. The van der Waals surface area contributed by atoms with Crippen molar-refractivity contribution in [1.29, 1.82) is 0 Å². The maximum Gasteiger partial charge on any atom is 0.326 e. The quantitative estimate of drug-likeness (QED) is 0.623. The van der Waals surface area contributed by atoms with Gasteiger partial charge in [0.15, 0.2) is 0 Å². The third kappa shape index (κ3) is 2.47. The molecule has 1 atom stereocenters. The van der Waals surface area contributed by atoms with Crippen molar-refractivity contribution in [2.75, 3.05) is 0 Å². The minimum absolute atomic E-state index is 0.285. The van der Waals surface area contributed by atoms with Crippen LogP contribution in [0, 0.1) is 0 Å². The molecule has 0 spiro atoms. The third-order valence-corrected chi connectivity index (χ3v) is 2.75. The first kappa shape index (κ1) is 9.98. The predicted octanol–water partition coefficient (Wildman–Crippen LogP) is 0.717. The molecule has 4 N–H and O–H groups in total. The fourth-order valence-electron chi connectivity index (χ4n) is 1.99. The van der Waals surface area contributed by atoms with Crippen molar-refractivity contribution in [2.24, 2.45) is 5.73 Å². The van der Waals surface area contributed by atoms with E-state index in [0.717, 1.165) is 19.3 Å². The van der Waals surface area contributed by atoms with Gasteiger partial charge in [-0.05, 0) is 30.4 Å². The predicted molar refractivity (Wildman–Crippen MR) is 58.1 cm³/mol. The van der Waals surface area contributed by atoms with Crippen LogP contribution in [0.1, 0.15) is 17.5 Å². The van der Waals surface area contributed by atoms with E-state index in [9.17, 15) is 4.79 Å². The Morgan fingerprint density at radius 2 is 2.07 bits per heavy atom. The Bertz CT molecular complexity index is 365. The summed E-state index contributed by atoms with van der Waals surface area (Å²) in [6, 6.07) is 8.15. The third-order valence-electron chi connectivity index (χ3n) is 2.75. The van der Waals surface area contributed by atoms with Crippen molar-refractivity contribution in [3.05, 3.63) is 35.4 Å². The molecule has 1 unspecified atom stereocenters. The molecule has 1 aromatic carbocycles. The van der Waals surface area contributed by atoms with E-state index in [1.54, 1.807) is 0 Å². The summed E-state index contributed by atoms with van der Waals surface area (Å²) in [6.07, 6.45) is 3.02. The maximum atomic E-state index is 10.5. The highest BCUT2D eigenvalue weighted by atomic mass is 16.2. The smallest absolute Gasteiger partial charge is 0.326 e. The highest BCUT2D eigenvalue weighted by Gasteiger charge is 2.17. The van der Waals surface area contributed by atoms with Gasteiger partial charge in [-0.2, -0.15) is 0 Å². The molecule has 1 aliphatic carbocycles. The number of nitrogens with one attached hydrogen (secondary N) is 2. The fraction of sp³-hybridized carbons (Fsp3) is 0.364. The number of aryl methyl sites for hydroxylation is 1. The van der Waals surface area contributed by atoms with Gasteiger partial charge in [-0.1, -0.05) is 24.3 Å². The van der Waals surface area contributed by atoms with Gasteiger partial charge in [0.1, 0.15) is 0 Å². The largest absolute Gasteiger partial charge is 0.351 e. The van der Waals surface area contributed by atoms with E-state index in [2.05, 4.69) is 29.1 Å². The van der Waals surface area contributed by atoms with E-state index in [1.165, 1.54) is 11.1 Å². The molecule has 2 amide bonds. The van der Waals surface area contributed by atoms with Crippen LogP contribution < -0.4 is 16.6 Å². The van der Waals surface area contributed by atoms with Gasteiger partial charge in [-0.25, -0.2) is 10.2 Å². The minimum atomic E-state index is -0.533. The van der Waals surface area contributed by atoms with Crippen molar-refractivity contribution in [3.63, 3.8) is 0 Å². The molecule has 0 radical (unpaired) electrons. The Hall–Kier alpha value is -1.55. The van der Waals surface area contributed by atoms with Gasteiger partial charge in [0.25, 0.3) is 0 Å². The second-order valence-electron chi connectivity index (χ2n) is 3.84. The van der Waals surface area contributed by atoms with Gasteiger partial charge in [-0.15, -0.1) is 0 Å². The molecule has 0 aromatic heterocycles. The molecule has 80 valence electrons. The standard InChI is InChI=1S/C11H15N3O/c12-11(15)14-13-10-6-5-8-3-1-2-4-9(8)7-10/h1-4,10,13H,5-7H2,(H3,12,14,15). The number of hydrogen-bond donors (Lipinski definition) is 3. The van der Waals surface area contributed by atoms with Gasteiger partial charge in [0.2, 0.25) is 0 Å². The lowest BCUT2D eigenvalue weighted by Gasteiger charge is -2.25. The number of urea groups is 1. The monoisotopic (exact) mass is 205 g/mol. The van der Waals surface area contributed by atoms with Crippen LogP contribution in [0.4, 0.5) is 4.79 Å². The van der Waals surface area contributed by atoms with E-state index in [0.29, 0.717) is 0 Å². The van der Waals surface area contributed by atoms with Crippen molar-refractivity contribution in [1.82, 2.24) is 10.9 Å². The highest BCUT2D eigenvalue weighted by Crippen LogP contribution is 2.20. The molecule has 2 rings (SSSR count). The first-order valence-electron chi connectivity index (χ1n) is 5.13. The SMILES string of the molecule is NC(=O)NNC1CCc2ccccc2C1. The van der Waals surface area contributed by atoms with Crippen LogP contribution in [0.25, 0.3) is 0 Å². The van der Waals surface area contributed by atoms with Gasteiger partial charge in [-0.3, -0.25) is 5.43 Å². The fourth-order valence-corrected chi connectivity index (χ4v) is 1.99. The maximum absolute atomic E-state index is 10.5. The topological polar surface area (TPSA) is 67.2 Å². The Balaban J connectivity index is 1.96. The van der Waals surface area contributed by atoms with Crippen molar-refractivity contribution in [3.8, 4) is 0 Å². The van der Waals surface area contributed by atoms with Crippen LogP contribution in [0.15, 0.2) is 24.3 Å². The van der Waals surface area contributed by atoms with E-state index >= 15 is 0 Å².